The fourth-order valence-corrected chi connectivity index (χ4v) is 3.50. The number of carbonyl (C=O) groups excluding carboxylic acids is 2. The van der Waals surface area contributed by atoms with Gasteiger partial charge in [0.05, 0.1) is 22.5 Å². The zero-order valence-electron chi connectivity index (χ0n) is 17.5. The lowest BCUT2D eigenvalue weighted by atomic mass is 10.1. The molecule has 1 N–H and O–H groups in total. The summed E-state index contributed by atoms with van der Waals surface area (Å²) in [5, 5.41) is 3.38. The second-order valence-electron chi connectivity index (χ2n) is 7.33. The maximum absolute atomic E-state index is 12.9. The second-order valence-corrected chi connectivity index (χ2v) is 7.33. The number of para-hydroxylation sites is 1. The lowest BCUT2D eigenvalue weighted by molar-refractivity contribution is -0.124. The topological polar surface area (TPSA) is 99.6 Å². The fourth-order valence-electron chi connectivity index (χ4n) is 3.50. The molecule has 1 aliphatic rings. The van der Waals surface area contributed by atoms with E-state index in [0.717, 1.165) is 5.56 Å². The largest absolute Gasteiger partial charge is 0.454 e. The summed E-state index contributed by atoms with van der Waals surface area (Å²) in [5.74, 6) is 0.295. The number of carbonyl (C=O) groups is 2. The van der Waals surface area contributed by atoms with Crippen molar-refractivity contribution in [2.24, 2.45) is 0 Å². The van der Waals surface area contributed by atoms with E-state index in [0.29, 0.717) is 39.4 Å². The third-order valence-electron chi connectivity index (χ3n) is 5.12. The summed E-state index contributed by atoms with van der Waals surface area (Å²) in [6.45, 7) is 0.0564. The molecule has 0 fully saturated rings. The lowest BCUT2D eigenvalue weighted by Gasteiger charge is -2.10. The first-order chi connectivity index (χ1) is 16.2. The van der Waals surface area contributed by atoms with Gasteiger partial charge >= 0.3 is 5.97 Å². The molecule has 8 nitrogen and oxygen atoms in total. The minimum absolute atomic E-state index is 0.187. The van der Waals surface area contributed by atoms with Crippen molar-refractivity contribution in [3.8, 4) is 22.9 Å². The molecule has 2 aromatic heterocycles. The summed E-state index contributed by atoms with van der Waals surface area (Å²) in [6, 6.07) is 19.8. The number of pyridine rings is 2. The van der Waals surface area contributed by atoms with Gasteiger partial charge in [0.25, 0.3) is 5.91 Å². The zero-order valence-corrected chi connectivity index (χ0v) is 17.5. The van der Waals surface area contributed by atoms with Crippen LogP contribution in [0.15, 0.2) is 72.9 Å². The molecular formula is C25H19N3O5. The summed E-state index contributed by atoms with van der Waals surface area (Å²) in [4.78, 5) is 34.1. The van der Waals surface area contributed by atoms with Gasteiger partial charge in [-0.1, -0.05) is 30.3 Å². The molecular weight excluding hydrogens is 422 g/mol. The zero-order chi connectivity index (χ0) is 22.6. The van der Waals surface area contributed by atoms with Gasteiger partial charge in [0.1, 0.15) is 0 Å². The molecule has 5 rings (SSSR count). The number of esters is 1. The Bertz CT molecular complexity index is 1340. The number of rotatable bonds is 6. The first-order valence-electron chi connectivity index (χ1n) is 10.3. The smallest absolute Gasteiger partial charge is 0.339 e. The van der Waals surface area contributed by atoms with E-state index < -0.39 is 18.5 Å². The average Bonchev–Trinajstić information content (AvgIpc) is 3.34. The molecule has 0 bridgehead atoms. The highest BCUT2D eigenvalue weighted by molar-refractivity contribution is 6.05. The van der Waals surface area contributed by atoms with Gasteiger partial charge in [0.2, 0.25) is 6.79 Å². The Balaban J connectivity index is 1.27. The van der Waals surface area contributed by atoms with Gasteiger partial charge in [-0.2, -0.15) is 0 Å². The molecule has 0 saturated carbocycles. The van der Waals surface area contributed by atoms with E-state index in [2.05, 4.69) is 15.3 Å². The van der Waals surface area contributed by atoms with E-state index in [9.17, 15) is 9.59 Å². The minimum atomic E-state index is -0.607. The fraction of sp³-hybridized carbons (Fsp3) is 0.120. The van der Waals surface area contributed by atoms with Crippen LogP contribution in [0, 0.1) is 0 Å². The number of nitrogens with one attached hydrogen (secondary N) is 1. The Morgan fingerprint density at radius 3 is 2.67 bits per heavy atom. The molecule has 0 saturated heterocycles. The Hall–Kier alpha value is -4.46. The normalized spacial score (nSPS) is 11.9. The number of fused-ring (bicyclic) bond motifs is 2. The molecule has 0 radical (unpaired) electrons. The number of nitrogens with zero attached hydrogens (tertiary/aromatic N) is 2. The number of benzene rings is 2. The molecule has 2 aromatic carbocycles. The summed E-state index contributed by atoms with van der Waals surface area (Å²) in [7, 11) is 0. The SMILES string of the molecule is O=C(COC(=O)c1cc(-c2ccccn2)nc2ccccc12)NCc1ccc2c(c1)OCO2. The van der Waals surface area contributed by atoms with Gasteiger partial charge in [-0.05, 0) is 42.0 Å². The first kappa shape index (κ1) is 20.4. The maximum Gasteiger partial charge on any atom is 0.339 e. The summed E-state index contributed by atoms with van der Waals surface area (Å²) in [6.07, 6.45) is 1.66. The maximum atomic E-state index is 12.9. The van der Waals surface area contributed by atoms with E-state index in [1.807, 2.05) is 42.5 Å². The second kappa shape index (κ2) is 8.96. The van der Waals surface area contributed by atoms with Crippen molar-refractivity contribution >= 4 is 22.8 Å². The predicted octanol–water partition coefficient (Wildman–Crippen LogP) is 3.50. The lowest BCUT2D eigenvalue weighted by Crippen LogP contribution is -2.28. The monoisotopic (exact) mass is 441 g/mol. The van der Waals surface area contributed by atoms with Gasteiger partial charge in [-0.3, -0.25) is 9.78 Å². The van der Waals surface area contributed by atoms with Gasteiger partial charge in [0.15, 0.2) is 18.1 Å². The third kappa shape index (κ3) is 4.45. The predicted molar refractivity (Wildman–Crippen MR) is 120 cm³/mol. The van der Waals surface area contributed by atoms with Gasteiger partial charge in [-0.15, -0.1) is 0 Å². The van der Waals surface area contributed by atoms with Crippen molar-refractivity contribution < 1.29 is 23.8 Å². The van der Waals surface area contributed by atoms with E-state index in [4.69, 9.17) is 14.2 Å². The summed E-state index contributed by atoms with van der Waals surface area (Å²) >= 11 is 0. The van der Waals surface area contributed by atoms with Crippen LogP contribution in [0.1, 0.15) is 15.9 Å². The number of amides is 1. The van der Waals surface area contributed by atoms with Crippen LogP contribution in [0.5, 0.6) is 11.5 Å². The summed E-state index contributed by atoms with van der Waals surface area (Å²) in [5.41, 5.74) is 3.00. The molecule has 1 amide bonds. The van der Waals surface area contributed by atoms with E-state index >= 15 is 0 Å². The number of hydrogen-bond donors (Lipinski definition) is 1. The van der Waals surface area contributed by atoms with Crippen molar-refractivity contribution in [1.82, 2.24) is 15.3 Å². The van der Waals surface area contributed by atoms with Gasteiger partial charge in [0, 0.05) is 18.1 Å². The molecule has 3 heterocycles. The molecule has 8 heteroatoms. The Morgan fingerprint density at radius 1 is 0.939 bits per heavy atom. The molecule has 164 valence electrons. The summed E-state index contributed by atoms with van der Waals surface area (Å²) < 4.78 is 15.9. The Labute approximate surface area is 189 Å². The molecule has 0 spiro atoms. The standard InChI is InChI=1S/C25H19N3O5/c29-24(27-13-16-8-9-22-23(11-16)33-15-32-22)14-31-25(30)18-12-21(20-7-3-4-10-26-20)28-19-6-2-1-5-17(18)19/h1-12H,13-15H2,(H,27,29). The molecule has 0 aliphatic carbocycles. The Kier molecular flexibility index (Phi) is 5.55. The number of hydrogen-bond acceptors (Lipinski definition) is 7. The molecule has 4 aromatic rings. The highest BCUT2D eigenvalue weighted by atomic mass is 16.7. The molecule has 0 atom stereocenters. The quantitative estimate of drug-likeness (QED) is 0.457. The number of aromatic nitrogens is 2. The number of ether oxygens (including phenoxy) is 3. The van der Waals surface area contributed by atoms with Crippen molar-refractivity contribution in [2.75, 3.05) is 13.4 Å². The van der Waals surface area contributed by atoms with Crippen LogP contribution in [-0.2, 0) is 16.1 Å². The molecule has 1 aliphatic heterocycles. The minimum Gasteiger partial charge on any atom is -0.454 e. The highest BCUT2D eigenvalue weighted by Gasteiger charge is 2.17. The van der Waals surface area contributed by atoms with Gasteiger partial charge in [-0.25, -0.2) is 9.78 Å². The highest BCUT2D eigenvalue weighted by Crippen LogP contribution is 2.32. The van der Waals surface area contributed by atoms with Crippen molar-refractivity contribution in [2.45, 2.75) is 6.54 Å². The van der Waals surface area contributed by atoms with Gasteiger partial charge < -0.3 is 19.5 Å². The van der Waals surface area contributed by atoms with Crippen molar-refractivity contribution in [3.63, 3.8) is 0 Å². The van der Waals surface area contributed by atoms with Crippen molar-refractivity contribution in [3.05, 3.63) is 84.1 Å². The first-order valence-corrected chi connectivity index (χ1v) is 10.3. The van der Waals surface area contributed by atoms with Crippen molar-refractivity contribution in [1.29, 1.82) is 0 Å². The van der Waals surface area contributed by atoms with Crippen LogP contribution in [0.4, 0.5) is 0 Å². The molecule has 0 unspecified atom stereocenters. The van der Waals surface area contributed by atoms with Crippen LogP contribution in [0.3, 0.4) is 0 Å². The van der Waals surface area contributed by atoms with Crippen LogP contribution >= 0.6 is 0 Å². The molecule has 33 heavy (non-hydrogen) atoms. The van der Waals surface area contributed by atoms with E-state index in [-0.39, 0.29) is 13.3 Å². The average molecular weight is 441 g/mol. The van der Waals surface area contributed by atoms with Crippen LogP contribution < -0.4 is 14.8 Å². The van der Waals surface area contributed by atoms with Crippen LogP contribution in [0.2, 0.25) is 0 Å². The Morgan fingerprint density at radius 2 is 1.79 bits per heavy atom. The third-order valence-corrected chi connectivity index (χ3v) is 5.12. The van der Waals surface area contributed by atoms with Crippen LogP contribution in [-0.4, -0.2) is 35.2 Å². The van der Waals surface area contributed by atoms with E-state index in [1.54, 1.807) is 30.5 Å². The van der Waals surface area contributed by atoms with E-state index in [1.165, 1.54) is 0 Å². The van der Waals surface area contributed by atoms with Crippen LogP contribution in [0.25, 0.3) is 22.3 Å².